The predicted molar refractivity (Wildman–Crippen MR) is 58.6 cm³/mol. The van der Waals surface area contributed by atoms with E-state index >= 15 is 0 Å². The number of hydrogen-bond donors (Lipinski definition) is 0. The molecule has 11 heavy (non-hydrogen) atoms. The molecule has 0 heterocycles. The Bertz CT molecular complexity index is 49.9. The molecule has 0 saturated carbocycles. The van der Waals surface area contributed by atoms with Crippen LogP contribution in [0.2, 0.25) is 0 Å². The summed E-state index contributed by atoms with van der Waals surface area (Å²) in [5.41, 5.74) is 0. The minimum atomic E-state index is 1.64. The molecule has 0 N–H and O–H groups in total. The van der Waals surface area contributed by atoms with Crippen molar-refractivity contribution in [3.05, 3.63) is 25.3 Å². The molecular weight excluding hydrogens is 134 g/mol. The van der Waals surface area contributed by atoms with Crippen molar-refractivity contribution >= 4 is 6.72 Å². The van der Waals surface area contributed by atoms with E-state index in [9.17, 15) is 0 Å². The van der Waals surface area contributed by atoms with Crippen LogP contribution in [0.5, 0.6) is 0 Å². The molecule has 0 aliphatic rings. The summed E-state index contributed by atoms with van der Waals surface area (Å²) in [6, 6.07) is 0. The van der Waals surface area contributed by atoms with Crippen molar-refractivity contribution in [2.24, 2.45) is 4.99 Å². The van der Waals surface area contributed by atoms with E-state index in [0.717, 1.165) is 0 Å². The van der Waals surface area contributed by atoms with E-state index in [4.69, 9.17) is 0 Å². The number of allylic oxidation sites excluding steroid dienone is 2. The molecule has 0 unspecified atom stereocenters. The van der Waals surface area contributed by atoms with Gasteiger partial charge >= 0.3 is 0 Å². The molecule has 0 fully saturated rings. The molecule has 0 atom stereocenters. The summed E-state index contributed by atoms with van der Waals surface area (Å²) in [6.45, 7) is 17.8. The molecule has 1 nitrogen and oxygen atoms in total. The van der Waals surface area contributed by atoms with Gasteiger partial charge in [0.15, 0.2) is 0 Å². The van der Waals surface area contributed by atoms with Crippen molar-refractivity contribution in [3.8, 4) is 0 Å². The van der Waals surface area contributed by atoms with Crippen LogP contribution in [0.25, 0.3) is 0 Å². The highest BCUT2D eigenvalue weighted by molar-refractivity contribution is 5.22. The Kier molecular flexibility index (Phi) is 269. The second-order valence-corrected chi connectivity index (χ2v) is 0.788. The number of aliphatic imine (C=N–C) groups is 1. The molecule has 0 radical (unpaired) electrons. The van der Waals surface area contributed by atoms with Gasteiger partial charge in [-0.25, -0.2) is 0 Å². The van der Waals surface area contributed by atoms with Crippen molar-refractivity contribution in [2.45, 2.75) is 27.7 Å². The van der Waals surface area contributed by atoms with E-state index < -0.39 is 0 Å². The fourth-order valence-corrected chi connectivity index (χ4v) is 0. The summed E-state index contributed by atoms with van der Waals surface area (Å²) in [5, 5.41) is 0. The first-order valence-corrected chi connectivity index (χ1v) is 3.91. The fraction of sp³-hybridized carbons (Fsp3) is 0.500. The maximum absolute atomic E-state index is 3.36. The van der Waals surface area contributed by atoms with E-state index in [2.05, 4.69) is 24.9 Å². The second kappa shape index (κ2) is 131. The Morgan fingerprint density at radius 2 is 1.00 bits per heavy atom. The predicted octanol–water partition coefficient (Wildman–Crippen LogP) is 3.73. The standard InChI is InChI=1S/C4H6.C2H5N.2C2H6/c1-3-4-2;1-3-2;2*1-2/h3-4H,1-2H2;1H2,2H3;2*1-2H3. The first-order valence-electron chi connectivity index (χ1n) is 3.91. The van der Waals surface area contributed by atoms with Crippen molar-refractivity contribution < 1.29 is 0 Å². The smallest absolute Gasteiger partial charge is 0.0269 e. The quantitative estimate of drug-likeness (QED) is 0.406. The van der Waals surface area contributed by atoms with Gasteiger partial charge in [0.05, 0.1) is 0 Å². The van der Waals surface area contributed by atoms with Gasteiger partial charge in [-0.05, 0) is 6.72 Å². The van der Waals surface area contributed by atoms with Crippen LogP contribution < -0.4 is 0 Å². The Labute approximate surface area is 72.6 Å². The number of rotatable bonds is 1. The zero-order valence-corrected chi connectivity index (χ0v) is 8.72. The van der Waals surface area contributed by atoms with Crippen LogP contribution in [0, 0.1) is 0 Å². The van der Waals surface area contributed by atoms with Crippen LogP contribution in [0.15, 0.2) is 30.3 Å². The number of hydrogen-bond acceptors (Lipinski definition) is 1. The first-order chi connectivity index (χ1) is 5.33. The largest absolute Gasteiger partial charge is 0.304 e. The molecule has 0 aliphatic heterocycles. The van der Waals surface area contributed by atoms with Gasteiger partial charge < -0.3 is 4.99 Å². The molecule has 0 aromatic carbocycles. The minimum absolute atomic E-state index is 1.64. The van der Waals surface area contributed by atoms with Gasteiger partial charge in [-0.1, -0.05) is 53.0 Å². The number of nitrogens with zero attached hydrogens (tertiary/aromatic N) is 1. The highest BCUT2D eigenvalue weighted by Crippen LogP contribution is 1.52. The lowest BCUT2D eigenvalue weighted by Gasteiger charge is -1.44. The van der Waals surface area contributed by atoms with Gasteiger partial charge in [0.2, 0.25) is 0 Å². The summed E-state index contributed by atoms with van der Waals surface area (Å²) in [5.74, 6) is 0. The van der Waals surface area contributed by atoms with Gasteiger partial charge in [0, 0.05) is 7.05 Å². The third kappa shape index (κ3) is 20800. The van der Waals surface area contributed by atoms with Crippen LogP contribution in [0.1, 0.15) is 27.7 Å². The minimum Gasteiger partial charge on any atom is -0.304 e. The van der Waals surface area contributed by atoms with Gasteiger partial charge in [0.1, 0.15) is 0 Å². The van der Waals surface area contributed by atoms with Gasteiger partial charge in [0.25, 0.3) is 0 Å². The highest BCUT2D eigenvalue weighted by atomic mass is 14.6. The average Bonchev–Trinajstić information content (AvgIpc) is 2.12. The van der Waals surface area contributed by atoms with Gasteiger partial charge in [-0.3, -0.25) is 0 Å². The zero-order chi connectivity index (χ0) is 10.1. The first kappa shape index (κ1) is 22.5. The van der Waals surface area contributed by atoms with E-state index in [0.29, 0.717) is 0 Å². The van der Waals surface area contributed by atoms with Crippen LogP contribution in [-0.4, -0.2) is 13.8 Å². The third-order valence-corrected chi connectivity index (χ3v) is 0.167. The van der Waals surface area contributed by atoms with E-state index in [1.54, 1.807) is 19.2 Å². The Hall–Kier alpha value is -0.850. The lowest BCUT2D eigenvalue weighted by Crippen LogP contribution is -1.26. The molecule has 0 spiro atoms. The summed E-state index contributed by atoms with van der Waals surface area (Å²) in [7, 11) is 1.64. The Balaban J connectivity index is -0.0000000315. The summed E-state index contributed by atoms with van der Waals surface area (Å²) in [6.07, 6.45) is 3.28. The fourth-order valence-electron chi connectivity index (χ4n) is 0. The van der Waals surface area contributed by atoms with Crippen LogP contribution >= 0.6 is 0 Å². The van der Waals surface area contributed by atoms with Crippen molar-refractivity contribution in [3.63, 3.8) is 0 Å². The van der Waals surface area contributed by atoms with Crippen LogP contribution in [0.3, 0.4) is 0 Å². The maximum atomic E-state index is 3.36. The lowest BCUT2D eigenvalue weighted by atomic mass is 10.6. The monoisotopic (exact) mass is 157 g/mol. The normalized spacial score (nSPS) is 4.09. The highest BCUT2D eigenvalue weighted by Gasteiger charge is 1.29. The Morgan fingerprint density at radius 1 is 0.909 bits per heavy atom. The van der Waals surface area contributed by atoms with Crippen LogP contribution in [0.4, 0.5) is 0 Å². The van der Waals surface area contributed by atoms with Gasteiger partial charge in [-0.2, -0.15) is 0 Å². The lowest BCUT2D eigenvalue weighted by molar-refractivity contribution is 1.49. The molecule has 1 heteroatoms. The average molecular weight is 157 g/mol. The third-order valence-electron chi connectivity index (χ3n) is 0.167. The van der Waals surface area contributed by atoms with Crippen molar-refractivity contribution in [1.29, 1.82) is 0 Å². The molecular formula is C10H23N. The van der Waals surface area contributed by atoms with Crippen LogP contribution in [-0.2, 0) is 0 Å². The Morgan fingerprint density at radius 3 is 1.00 bits per heavy atom. The second-order valence-electron chi connectivity index (χ2n) is 0.788. The molecule has 0 aromatic heterocycles. The van der Waals surface area contributed by atoms with Crippen molar-refractivity contribution in [2.75, 3.05) is 7.05 Å². The van der Waals surface area contributed by atoms with Gasteiger partial charge in [-0.15, -0.1) is 0 Å². The summed E-state index contributed by atoms with van der Waals surface area (Å²) >= 11 is 0. The van der Waals surface area contributed by atoms with E-state index in [1.165, 1.54) is 0 Å². The maximum Gasteiger partial charge on any atom is 0.0269 e. The van der Waals surface area contributed by atoms with Crippen molar-refractivity contribution in [1.82, 2.24) is 0 Å². The molecule has 0 saturated heterocycles. The van der Waals surface area contributed by atoms with E-state index in [-0.39, 0.29) is 0 Å². The summed E-state index contributed by atoms with van der Waals surface area (Å²) < 4.78 is 0. The summed E-state index contributed by atoms with van der Waals surface area (Å²) in [4.78, 5) is 3.25. The molecule has 0 aliphatic carbocycles. The molecule has 0 bridgehead atoms. The van der Waals surface area contributed by atoms with E-state index in [1.807, 2.05) is 27.7 Å². The molecule has 68 valence electrons. The topological polar surface area (TPSA) is 12.4 Å². The zero-order valence-electron chi connectivity index (χ0n) is 8.72. The SMILES string of the molecule is C=CC=C.C=NC.CC.CC. The molecule has 0 rings (SSSR count). The molecule has 0 aromatic rings. The molecule has 0 amide bonds.